The second-order valence-electron chi connectivity index (χ2n) is 14.2. The van der Waals surface area contributed by atoms with Gasteiger partial charge in [-0.2, -0.15) is 0 Å². The molecular formula is C32H42O13. The monoisotopic (exact) mass is 634 g/mol. The van der Waals surface area contributed by atoms with E-state index in [1.807, 2.05) is 0 Å². The van der Waals surface area contributed by atoms with E-state index in [1.165, 1.54) is 0 Å². The fourth-order valence-electron chi connectivity index (χ4n) is 8.86. The summed E-state index contributed by atoms with van der Waals surface area (Å²) in [5, 5.41) is 34.1. The highest BCUT2D eigenvalue weighted by atomic mass is 16.6. The number of ketones is 1. The molecule has 248 valence electrons. The van der Waals surface area contributed by atoms with Crippen molar-refractivity contribution in [2.75, 3.05) is 7.11 Å². The molecule has 2 saturated carbocycles. The number of cyclic esters (lactones) is 2. The number of hydrogen-bond acceptors (Lipinski definition) is 13. The van der Waals surface area contributed by atoms with Gasteiger partial charge in [-0.3, -0.25) is 14.4 Å². The summed E-state index contributed by atoms with van der Waals surface area (Å²) in [4.78, 5) is 66.2. The average Bonchev–Trinajstić information content (AvgIpc) is 3.25. The maximum Gasteiger partial charge on any atom is 0.335 e. The normalized spacial score (nSPS) is 43.2. The number of ether oxygens (including phenoxy) is 5. The quantitative estimate of drug-likeness (QED) is 0.212. The fraction of sp³-hybridized carbons (Fsp3) is 0.719. The summed E-state index contributed by atoms with van der Waals surface area (Å²) in [6, 6.07) is 0. The second-order valence-corrected chi connectivity index (χ2v) is 14.2. The van der Waals surface area contributed by atoms with E-state index in [4.69, 9.17) is 23.7 Å². The van der Waals surface area contributed by atoms with E-state index in [0.29, 0.717) is 6.42 Å². The number of fused-ring (bicyclic) bond motifs is 1. The van der Waals surface area contributed by atoms with E-state index < -0.39 is 112 Å². The third kappa shape index (κ3) is 4.37. The minimum Gasteiger partial charge on any atom is -0.467 e. The van der Waals surface area contributed by atoms with E-state index in [0.717, 1.165) is 13.2 Å². The molecule has 1 spiro atoms. The molecule has 12 atom stereocenters. The van der Waals surface area contributed by atoms with Crippen molar-refractivity contribution in [2.45, 2.75) is 103 Å². The predicted molar refractivity (Wildman–Crippen MR) is 151 cm³/mol. The number of methoxy groups -OCH3 is 1. The third-order valence-electron chi connectivity index (χ3n) is 11.5. The topological polar surface area (TPSA) is 192 Å². The Hall–Kier alpha value is -3.13. The number of carbonyl (C=O) groups is 5. The molecule has 0 aromatic carbocycles. The standard InChI is InChI=1S/C32H42O13/c1-9-13(2)26(38)44-21-23(37)29(4,5)22(20(36)28(40)41-8)31(7)16-11-30(6)24(15-10-17(33)43-27(15)39)42-18(34)12-32(30,45-25(21)31)14(3)19(16)35/h10,13,16,20-25,27,36-37,39H,3,9,11-12H2,1-2,4-8H3. The lowest BCUT2D eigenvalue weighted by molar-refractivity contribution is -0.288. The Bertz CT molecular complexity index is 1380. The van der Waals surface area contributed by atoms with E-state index in [1.54, 1.807) is 41.5 Å². The molecule has 0 amide bonds. The van der Waals surface area contributed by atoms with Crippen LogP contribution in [0.3, 0.4) is 0 Å². The Morgan fingerprint density at radius 2 is 1.76 bits per heavy atom. The Morgan fingerprint density at radius 1 is 1.11 bits per heavy atom. The van der Waals surface area contributed by atoms with Gasteiger partial charge in [0.15, 0.2) is 18.0 Å². The third-order valence-corrected chi connectivity index (χ3v) is 11.5. The zero-order valence-corrected chi connectivity index (χ0v) is 26.5. The van der Waals surface area contributed by atoms with Gasteiger partial charge in [0.2, 0.25) is 6.29 Å². The summed E-state index contributed by atoms with van der Waals surface area (Å²) in [5.74, 6) is -6.69. The van der Waals surface area contributed by atoms with Crippen molar-refractivity contribution >= 4 is 29.7 Å². The van der Waals surface area contributed by atoms with Crippen LogP contribution >= 0.6 is 0 Å². The van der Waals surface area contributed by atoms with E-state index >= 15 is 0 Å². The number of carbonyl (C=O) groups excluding carboxylic acids is 5. The summed E-state index contributed by atoms with van der Waals surface area (Å²) in [6.45, 7) is 14.1. The molecule has 6 aliphatic rings. The fourth-order valence-corrected chi connectivity index (χ4v) is 8.86. The first-order chi connectivity index (χ1) is 20.8. The molecule has 45 heavy (non-hydrogen) atoms. The van der Waals surface area contributed by atoms with Gasteiger partial charge in [-0.25, -0.2) is 9.59 Å². The predicted octanol–water partition coefficient (Wildman–Crippen LogP) is 0.908. The smallest absolute Gasteiger partial charge is 0.335 e. The number of esters is 4. The molecule has 2 bridgehead atoms. The van der Waals surface area contributed by atoms with Gasteiger partial charge in [0.05, 0.1) is 25.6 Å². The maximum absolute atomic E-state index is 14.5. The summed E-state index contributed by atoms with van der Waals surface area (Å²) in [6.07, 6.45) is -8.33. The van der Waals surface area contributed by atoms with Gasteiger partial charge in [-0.15, -0.1) is 0 Å². The van der Waals surface area contributed by atoms with Crippen LogP contribution in [0.1, 0.15) is 60.8 Å². The van der Waals surface area contributed by atoms with Crippen molar-refractivity contribution in [1.82, 2.24) is 0 Å². The molecule has 6 rings (SSSR count). The summed E-state index contributed by atoms with van der Waals surface area (Å²) < 4.78 is 28.5. The van der Waals surface area contributed by atoms with Gasteiger partial charge >= 0.3 is 23.9 Å². The number of rotatable bonds is 6. The highest BCUT2D eigenvalue weighted by Crippen LogP contribution is 2.70. The molecule has 0 radical (unpaired) electrons. The average molecular weight is 635 g/mol. The first-order valence-corrected chi connectivity index (χ1v) is 15.2. The first kappa shape index (κ1) is 33.2. The maximum atomic E-state index is 14.5. The molecule has 4 aliphatic heterocycles. The van der Waals surface area contributed by atoms with Crippen LogP contribution in [0.4, 0.5) is 0 Å². The molecule has 0 aromatic heterocycles. The Balaban J connectivity index is 1.79. The van der Waals surface area contributed by atoms with Crippen LogP contribution in [-0.4, -0.2) is 94.5 Å². The lowest BCUT2D eigenvalue weighted by atomic mass is 9.44. The van der Waals surface area contributed by atoms with Crippen molar-refractivity contribution in [3.05, 3.63) is 23.8 Å². The lowest BCUT2D eigenvalue weighted by Gasteiger charge is -2.60. The Kier molecular flexibility index (Phi) is 7.91. The molecule has 3 N–H and O–H groups in total. The van der Waals surface area contributed by atoms with Gasteiger partial charge in [0, 0.05) is 45.3 Å². The first-order valence-electron chi connectivity index (χ1n) is 15.2. The zero-order valence-electron chi connectivity index (χ0n) is 26.5. The number of hydrogen-bond donors (Lipinski definition) is 3. The van der Waals surface area contributed by atoms with Crippen LogP contribution in [0.25, 0.3) is 0 Å². The summed E-state index contributed by atoms with van der Waals surface area (Å²) in [7, 11) is 1.10. The molecule has 3 saturated heterocycles. The molecule has 0 aromatic rings. The van der Waals surface area contributed by atoms with Gasteiger partial charge in [0.25, 0.3) is 0 Å². The number of Topliss-reactive ketones (excluding diaryl/α,β-unsaturated/α-hetero) is 1. The molecule has 5 fully saturated rings. The highest BCUT2D eigenvalue weighted by molar-refractivity contribution is 6.02. The van der Waals surface area contributed by atoms with E-state index in [9.17, 15) is 39.3 Å². The van der Waals surface area contributed by atoms with Crippen LogP contribution < -0.4 is 0 Å². The van der Waals surface area contributed by atoms with Gasteiger partial charge in [-0.05, 0) is 12.8 Å². The van der Waals surface area contributed by atoms with Crippen LogP contribution in [0.2, 0.25) is 0 Å². The SMILES string of the molecule is C=C1C(=O)C2CC3(C)C(C4=CC(=O)OC4O)OC(=O)CC13OC1C(OC(=O)C(C)CC)C(O)C(C)(C)C(C(O)C(=O)OC)C21C. The zero-order chi connectivity index (χ0) is 33.6. The van der Waals surface area contributed by atoms with Crippen molar-refractivity contribution < 1.29 is 63.0 Å². The number of aliphatic hydroxyl groups excluding tert-OH is 3. The van der Waals surface area contributed by atoms with Crippen LogP contribution in [0.5, 0.6) is 0 Å². The van der Waals surface area contributed by atoms with Crippen molar-refractivity contribution in [3.8, 4) is 0 Å². The van der Waals surface area contributed by atoms with E-state index in [-0.39, 0.29) is 17.6 Å². The summed E-state index contributed by atoms with van der Waals surface area (Å²) >= 11 is 0. The highest BCUT2D eigenvalue weighted by Gasteiger charge is 2.78. The second kappa shape index (κ2) is 10.7. The van der Waals surface area contributed by atoms with Crippen molar-refractivity contribution in [2.24, 2.45) is 34.0 Å². The Morgan fingerprint density at radius 3 is 2.31 bits per heavy atom. The molecule has 4 heterocycles. The van der Waals surface area contributed by atoms with Gasteiger partial charge in [0.1, 0.15) is 17.8 Å². The van der Waals surface area contributed by atoms with E-state index in [2.05, 4.69) is 6.58 Å². The minimum absolute atomic E-state index is 0.0503. The summed E-state index contributed by atoms with van der Waals surface area (Å²) in [5.41, 5.74) is -6.29. The van der Waals surface area contributed by atoms with Gasteiger partial charge < -0.3 is 39.0 Å². The largest absolute Gasteiger partial charge is 0.467 e. The van der Waals surface area contributed by atoms with Crippen LogP contribution in [-0.2, 0) is 47.7 Å². The minimum atomic E-state index is -1.86. The molecule has 12 unspecified atom stereocenters. The molecular weight excluding hydrogens is 592 g/mol. The lowest BCUT2D eigenvalue weighted by Crippen LogP contribution is -2.70. The molecule has 2 aliphatic carbocycles. The molecule has 13 nitrogen and oxygen atoms in total. The van der Waals surface area contributed by atoms with Crippen LogP contribution in [0, 0.1) is 34.0 Å². The van der Waals surface area contributed by atoms with Crippen molar-refractivity contribution in [3.63, 3.8) is 0 Å². The molecule has 13 heteroatoms. The Labute approximate surface area is 260 Å². The van der Waals surface area contributed by atoms with Crippen LogP contribution in [0.15, 0.2) is 23.8 Å². The number of aliphatic hydroxyl groups is 3. The van der Waals surface area contributed by atoms with Gasteiger partial charge in [-0.1, -0.05) is 48.1 Å². The van der Waals surface area contributed by atoms with Crippen molar-refractivity contribution in [1.29, 1.82) is 0 Å².